The van der Waals surface area contributed by atoms with Gasteiger partial charge < -0.3 is 15.2 Å². The number of amides is 1. The highest BCUT2D eigenvalue weighted by Crippen LogP contribution is 2.18. The molecule has 0 saturated heterocycles. The summed E-state index contributed by atoms with van der Waals surface area (Å²) in [4.78, 5) is 11.5. The van der Waals surface area contributed by atoms with Gasteiger partial charge in [0.05, 0.1) is 6.61 Å². The van der Waals surface area contributed by atoms with Crippen LogP contribution in [0.2, 0.25) is 0 Å². The Morgan fingerprint density at radius 2 is 1.95 bits per heavy atom. The molecule has 5 heteroatoms. The molecule has 1 amide bonds. The van der Waals surface area contributed by atoms with Crippen LogP contribution >= 0.6 is 15.9 Å². The highest BCUT2D eigenvalue weighted by Gasteiger charge is 2.17. The minimum Gasteiger partial charge on any atom is -0.444 e. The molecule has 0 radical (unpaired) electrons. The number of hydrogen-bond donors (Lipinski definition) is 2. The van der Waals surface area contributed by atoms with Crippen LogP contribution in [0.5, 0.6) is 0 Å². The van der Waals surface area contributed by atoms with Crippen LogP contribution in [-0.4, -0.2) is 30.0 Å². The van der Waals surface area contributed by atoms with E-state index in [9.17, 15) is 9.90 Å². The number of carbonyl (C=O) groups excluding carboxylic acids is 1. The average molecular weight is 330 g/mol. The summed E-state index contributed by atoms with van der Waals surface area (Å²) in [6.07, 6.45) is -0.469. The van der Waals surface area contributed by atoms with E-state index in [1.165, 1.54) is 0 Å². The van der Waals surface area contributed by atoms with E-state index in [4.69, 9.17) is 4.74 Å². The molecule has 0 spiro atoms. The average Bonchev–Trinajstić information content (AvgIpc) is 2.29. The van der Waals surface area contributed by atoms with Gasteiger partial charge in [-0.05, 0) is 38.5 Å². The van der Waals surface area contributed by atoms with Crippen LogP contribution in [0.15, 0.2) is 28.7 Å². The molecule has 0 aromatic heterocycles. The predicted molar refractivity (Wildman–Crippen MR) is 78.2 cm³/mol. The van der Waals surface area contributed by atoms with E-state index in [0.29, 0.717) is 6.54 Å². The zero-order valence-electron chi connectivity index (χ0n) is 11.4. The van der Waals surface area contributed by atoms with Crippen molar-refractivity contribution in [2.45, 2.75) is 32.3 Å². The van der Waals surface area contributed by atoms with Gasteiger partial charge in [-0.2, -0.15) is 0 Å². The number of halogens is 1. The number of hydrogen-bond acceptors (Lipinski definition) is 3. The van der Waals surface area contributed by atoms with Gasteiger partial charge in [0.25, 0.3) is 0 Å². The number of rotatable bonds is 4. The zero-order chi connectivity index (χ0) is 14.5. The fraction of sp³-hybridized carbons (Fsp3) is 0.500. The van der Waals surface area contributed by atoms with E-state index >= 15 is 0 Å². The van der Waals surface area contributed by atoms with Crippen LogP contribution in [0, 0.1) is 0 Å². The summed E-state index contributed by atoms with van der Waals surface area (Å²) < 4.78 is 6.13. The number of ether oxygens (including phenoxy) is 1. The first-order valence-corrected chi connectivity index (χ1v) is 6.94. The van der Waals surface area contributed by atoms with Crippen molar-refractivity contribution in [3.63, 3.8) is 0 Å². The van der Waals surface area contributed by atoms with Crippen molar-refractivity contribution in [3.05, 3.63) is 34.3 Å². The highest BCUT2D eigenvalue weighted by molar-refractivity contribution is 9.10. The Labute approximate surface area is 122 Å². The number of aliphatic hydroxyl groups excluding tert-OH is 1. The number of carbonyl (C=O) groups is 1. The number of aliphatic hydroxyl groups is 1. The maximum atomic E-state index is 11.5. The Hall–Kier alpha value is -1.07. The molecule has 0 aliphatic heterocycles. The Morgan fingerprint density at radius 3 is 2.42 bits per heavy atom. The molecule has 1 atom stereocenters. The smallest absolute Gasteiger partial charge is 0.407 e. The largest absolute Gasteiger partial charge is 0.444 e. The summed E-state index contributed by atoms with van der Waals surface area (Å²) in [5, 5.41) is 12.1. The highest BCUT2D eigenvalue weighted by atomic mass is 79.9. The molecular formula is C14H20BrNO3. The third kappa shape index (κ3) is 6.07. The van der Waals surface area contributed by atoms with Gasteiger partial charge >= 0.3 is 6.09 Å². The quantitative estimate of drug-likeness (QED) is 0.892. The lowest BCUT2D eigenvalue weighted by molar-refractivity contribution is 0.0521. The molecule has 1 unspecified atom stereocenters. The molecule has 2 N–H and O–H groups in total. The molecule has 0 aliphatic rings. The zero-order valence-corrected chi connectivity index (χ0v) is 13.0. The lowest BCUT2D eigenvalue weighted by atomic mass is 10.0. The van der Waals surface area contributed by atoms with E-state index in [0.717, 1.165) is 10.0 Å². The number of benzene rings is 1. The number of alkyl carbamates (subject to hydrolysis) is 1. The first-order valence-electron chi connectivity index (χ1n) is 6.15. The van der Waals surface area contributed by atoms with Crippen LogP contribution in [0.3, 0.4) is 0 Å². The Bertz CT molecular complexity index is 412. The van der Waals surface area contributed by atoms with E-state index in [1.807, 2.05) is 45.0 Å². The molecule has 106 valence electrons. The minimum absolute atomic E-state index is 0.0303. The van der Waals surface area contributed by atoms with Crippen molar-refractivity contribution >= 4 is 22.0 Å². The second-order valence-electron chi connectivity index (χ2n) is 5.31. The summed E-state index contributed by atoms with van der Waals surface area (Å²) in [6, 6.07) is 7.65. The first kappa shape index (κ1) is 16.0. The normalized spacial score (nSPS) is 12.9. The van der Waals surface area contributed by atoms with Crippen molar-refractivity contribution in [1.29, 1.82) is 0 Å². The van der Waals surface area contributed by atoms with Crippen LogP contribution in [-0.2, 0) is 4.74 Å². The van der Waals surface area contributed by atoms with Crippen LogP contribution in [0.1, 0.15) is 32.3 Å². The van der Waals surface area contributed by atoms with Crippen LogP contribution < -0.4 is 5.32 Å². The third-order valence-corrected chi connectivity index (χ3v) is 2.98. The van der Waals surface area contributed by atoms with Gasteiger partial charge in [0.2, 0.25) is 0 Å². The summed E-state index contributed by atoms with van der Waals surface area (Å²) in [6.45, 7) is 5.74. The van der Waals surface area contributed by atoms with Gasteiger partial charge in [-0.1, -0.05) is 28.1 Å². The Kier molecular flexibility index (Phi) is 5.82. The SMILES string of the molecule is CC(C)(C)OC(=O)NCC(CO)c1ccc(Br)cc1. The van der Waals surface area contributed by atoms with Gasteiger partial charge in [0.1, 0.15) is 5.60 Å². The van der Waals surface area contributed by atoms with Gasteiger partial charge in [-0.3, -0.25) is 0 Å². The van der Waals surface area contributed by atoms with Gasteiger partial charge in [0.15, 0.2) is 0 Å². The lowest BCUT2D eigenvalue weighted by Gasteiger charge is -2.21. The molecule has 0 aliphatic carbocycles. The summed E-state index contributed by atoms with van der Waals surface area (Å²) in [5.74, 6) is -0.138. The number of nitrogens with one attached hydrogen (secondary N) is 1. The molecule has 1 aromatic rings. The predicted octanol–water partition coefficient (Wildman–Crippen LogP) is 3.05. The van der Waals surface area contributed by atoms with E-state index < -0.39 is 11.7 Å². The Morgan fingerprint density at radius 1 is 1.37 bits per heavy atom. The molecule has 1 rings (SSSR count). The van der Waals surface area contributed by atoms with E-state index in [-0.39, 0.29) is 12.5 Å². The molecule has 0 heterocycles. The van der Waals surface area contributed by atoms with Crippen molar-refractivity contribution in [2.75, 3.05) is 13.2 Å². The summed E-state index contributed by atoms with van der Waals surface area (Å²) >= 11 is 3.36. The summed E-state index contributed by atoms with van der Waals surface area (Å²) in [5.41, 5.74) is 0.456. The van der Waals surface area contributed by atoms with E-state index in [2.05, 4.69) is 21.2 Å². The van der Waals surface area contributed by atoms with Gasteiger partial charge in [-0.15, -0.1) is 0 Å². The summed E-state index contributed by atoms with van der Waals surface area (Å²) in [7, 11) is 0. The first-order chi connectivity index (χ1) is 8.81. The maximum absolute atomic E-state index is 11.5. The standard InChI is InChI=1S/C14H20BrNO3/c1-14(2,3)19-13(18)16-8-11(9-17)10-4-6-12(15)7-5-10/h4-7,11,17H,8-9H2,1-3H3,(H,16,18). The van der Waals surface area contributed by atoms with Crippen LogP contribution in [0.25, 0.3) is 0 Å². The molecule has 0 fully saturated rings. The topological polar surface area (TPSA) is 58.6 Å². The minimum atomic E-state index is -0.517. The molecule has 0 saturated carbocycles. The van der Waals surface area contributed by atoms with Crippen molar-refractivity contribution in [3.8, 4) is 0 Å². The van der Waals surface area contributed by atoms with E-state index in [1.54, 1.807) is 0 Å². The van der Waals surface area contributed by atoms with Gasteiger partial charge in [0, 0.05) is 16.9 Å². The molecule has 0 bridgehead atoms. The third-order valence-electron chi connectivity index (χ3n) is 2.45. The van der Waals surface area contributed by atoms with Crippen molar-refractivity contribution in [1.82, 2.24) is 5.32 Å². The van der Waals surface area contributed by atoms with Crippen molar-refractivity contribution in [2.24, 2.45) is 0 Å². The fourth-order valence-electron chi connectivity index (χ4n) is 1.54. The Balaban J connectivity index is 2.54. The maximum Gasteiger partial charge on any atom is 0.407 e. The molecule has 4 nitrogen and oxygen atoms in total. The lowest BCUT2D eigenvalue weighted by Crippen LogP contribution is -2.35. The second kappa shape index (κ2) is 6.91. The second-order valence-corrected chi connectivity index (χ2v) is 6.23. The molecule has 19 heavy (non-hydrogen) atoms. The van der Waals surface area contributed by atoms with Gasteiger partial charge in [-0.25, -0.2) is 4.79 Å². The van der Waals surface area contributed by atoms with Crippen LogP contribution in [0.4, 0.5) is 4.79 Å². The van der Waals surface area contributed by atoms with Crippen molar-refractivity contribution < 1.29 is 14.6 Å². The monoisotopic (exact) mass is 329 g/mol. The molecule has 1 aromatic carbocycles. The fourth-order valence-corrected chi connectivity index (χ4v) is 1.81. The molecular weight excluding hydrogens is 310 g/mol.